The van der Waals surface area contributed by atoms with Crippen LogP contribution in [0.4, 0.5) is 30.7 Å². The third-order valence-corrected chi connectivity index (χ3v) is 8.51. The number of benzene rings is 3. The van der Waals surface area contributed by atoms with Crippen molar-refractivity contribution in [2.45, 2.75) is 77.3 Å². The molecule has 0 radical (unpaired) electrons. The quantitative estimate of drug-likeness (QED) is 0.193. The van der Waals surface area contributed by atoms with Crippen molar-refractivity contribution in [2.24, 2.45) is 11.3 Å². The normalized spacial score (nSPS) is 20.7. The van der Waals surface area contributed by atoms with Crippen LogP contribution >= 0.6 is 0 Å². The summed E-state index contributed by atoms with van der Waals surface area (Å²) in [6.45, 7) is 3.26. The monoisotopic (exact) mass is 550 g/mol. The van der Waals surface area contributed by atoms with Gasteiger partial charge >= 0.3 is 6.18 Å². The molecule has 0 aliphatic heterocycles. The smallest absolute Gasteiger partial charge is 0.203 e. The lowest BCUT2D eigenvalue weighted by Gasteiger charge is -2.50. The van der Waals surface area contributed by atoms with Gasteiger partial charge in [-0.2, -0.15) is 13.2 Å². The highest BCUT2D eigenvalue weighted by Gasteiger charge is 2.63. The topological polar surface area (TPSA) is 0 Å². The summed E-state index contributed by atoms with van der Waals surface area (Å²) in [5.74, 6) is -9.47. The average molecular weight is 551 g/mol. The average Bonchev–Trinajstić information content (AvgIpc) is 2.93. The standard InChI is InChI=1S/C32H33F7/c1-3-5-13-23-14-9-10-19-31(23,32(37,38)39)24(4-2)26-29(35)27(33)25(28(34)30(26)36)22-17-15-21(16-18-22)20-11-7-6-8-12-20/h6-8,11-12,15-18,23-24H,3-5,9-10,13-14,19H2,1-2H3. The van der Waals surface area contributed by atoms with Gasteiger partial charge < -0.3 is 0 Å². The first-order valence-electron chi connectivity index (χ1n) is 13.7. The molecule has 1 fully saturated rings. The third-order valence-electron chi connectivity index (χ3n) is 8.51. The Labute approximate surface area is 225 Å². The maximum Gasteiger partial charge on any atom is 0.395 e. The van der Waals surface area contributed by atoms with Crippen LogP contribution in [-0.4, -0.2) is 6.18 Å². The van der Waals surface area contributed by atoms with Gasteiger partial charge in [0, 0.05) is 11.5 Å². The molecule has 0 bridgehead atoms. The molecule has 0 nitrogen and oxygen atoms in total. The van der Waals surface area contributed by atoms with Crippen molar-refractivity contribution in [1.82, 2.24) is 0 Å². The Kier molecular flexibility index (Phi) is 8.77. The van der Waals surface area contributed by atoms with Gasteiger partial charge in [0.2, 0.25) is 0 Å². The van der Waals surface area contributed by atoms with Crippen LogP contribution in [0.5, 0.6) is 0 Å². The second-order valence-electron chi connectivity index (χ2n) is 10.6. The largest absolute Gasteiger partial charge is 0.395 e. The number of halogens is 7. The first kappa shape index (κ1) is 29.2. The van der Waals surface area contributed by atoms with E-state index in [1.165, 1.54) is 19.1 Å². The molecule has 3 aromatic carbocycles. The molecular weight excluding hydrogens is 517 g/mol. The van der Waals surface area contributed by atoms with Gasteiger partial charge in [-0.15, -0.1) is 0 Å². The summed E-state index contributed by atoms with van der Waals surface area (Å²) < 4.78 is 107. The molecule has 0 N–H and O–H groups in total. The van der Waals surface area contributed by atoms with Gasteiger partial charge in [0.1, 0.15) is 0 Å². The van der Waals surface area contributed by atoms with Gasteiger partial charge in [-0.05, 0) is 48.3 Å². The van der Waals surface area contributed by atoms with Crippen LogP contribution in [0.3, 0.4) is 0 Å². The Bertz CT molecular complexity index is 1240. The van der Waals surface area contributed by atoms with E-state index >= 15 is 17.6 Å². The molecule has 39 heavy (non-hydrogen) atoms. The van der Waals surface area contributed by atoms with Gasteiger partial charge in [-0.25, -0.2) is 17.6 Å². The Hall–Kier alpha value is -2.83. The van der Waals surface area contributed by atoms with Crippen LogP contribution in [0, 0.1) is 34.6 Å². The van der Waals surface area contributed by atoms with Crippen LogP contribution in [0.1, 0.15) is 76.7 Å². The number of hydrogen-bond donors (Lipinski definition) is 0. The predicted molar refractivity (Wildman–Crippen MR) is 140 cm³/mol. The zero-order valence-electron chi connectivity index (χ0n) is 22.2. The van der Waals surface area contributed by atoms with E-state index in [1.807, 2.05) is 37.3 Å². The van der Waals surface area contributed by atoms with Crippen LogP contribution in [0.15, 0.2) is 54.6 Å². The van der Waals surface area contributed by atoms with E-state index in [4.69, 9.17) is 0 Å². The summed E-state index contributed by atoms with van der Waals surface area (Å²) in [4.78, 5) is 0. The second kappa shape index (κ2) is 11.7. The summed E-state index contributed by atoms with van der Waals surface area (Å²) in [7, 11) is 0. The van der Waals surface area contributed by atoms with E-state index in [0.717, 1.165) is 11.1 Å². The van der Waals surface area contributed by atoms with Crippen LogP contribution in [0.2, 0.25) is 0 Å². The SMILES string of the molecule is CCCCC1CCCCC1(C(CC)c1c(F)c(F)c(-c2ccc(-c3ccccc3)cc2)c(F)c1F)C(F)(F)F. The molecule has 210 valence electrons. The van der Waals surface area contributed by atoms with Crippen LogP contribution in [-0.2, 0) is 0 Å². The zero-order valence-corrected chi connectivity index (χ0v) is 22.2. The predicted octanol–water partition coefficient (Wildman–Crippen LogP) is 11.0. The Morgan fingerprint density at radius 3 is 1.87 bits per heavy atom. The Balaban J connectivity index is 1.84. The first-order valence-corrected chi connectivity index (χ1v) is 13.7. The van der Waals surface area contributed by atoms with E-state index in [9.17, 15) is 13.2 Å². The minimum Gasteiger partial charge on any atom is -0.203 e. The summed E-state index contributed by atoms with van der Waals surface area (Å²) in [5, 5.41) is 0. The van der Waals surface area contributed by atoms with E-state index in [2.05, 4.69) is 0 Å². The lowest BCUT2D eigenvalue weighted by molar-refractivity contribution is -0.264. The Morgan fingerprint density at radius 1 is 0.769 bits per heavy atom. The van der Waals surface area contributed by atoms with Crippen molar-refractivity contribution in [1.29, 1.82) is 0 Å². The highest BCUT2D eigenvalue weighted by molar-refractivity contribution is 5.71. The van der Waals surface area contributed by atoms with E-state index in [1.54, 1.807) is 12.1 Å². The van der Waals surface area contributed by atoms with Gasteiger partial charge in [0.15, 0.2) is 23.3 Å². The van der Waals surface area contributed by atoms with Crippen molar-refractivity contribution in [3.8, 4) is 22.3 Å². The summed E-state index contributed by atoms with van der Waals surface area (Å²) in [6, 6.07) is 15.0. The molecule has 3 aromatic rings. The molecule has 1 aliphatic carbocycles. The third kappa shape index (κ3) is 5.21. The minimum absolute atomic E-state index is 0.105. The van der Waals surface area contributed by atoms with Crippen LogP contribution in [0.25, 0.3) is 22.3 Å². The first-order chi connectivity index (χ1) is 18.6. The van der Waals surface area contributed by atoms with Gasteiger partial charge in [-0.3, -0.25) is 0 Å². The van der Waals surface area contributed by atoms with Gasteiger partial charge in [-0.1, -0.05) is 94.1 Å². The lowest BCUT2D eigenvalue weighted by Crippen LogP contribution is -2.51. The van der Waals surface area contributed by atoms with Crippen molar-refractivity contribution in [3.05, 3.63) is 83.4 Å². The molecule has 3 atom stereocenters. The molecule has 4 rings (SSSR count). The molecule has 0 amide bonds. The summed E-state index contributed by atoms with van der Waals surface area (Å²) in [6.07, 6.45) is -2.91. The van der Waals surface area contributed by atoms with E-state index in [-0.39, 0.29) is 37.7 Å². The maximum absolute atomic E-state index is 15.7. The van der Waals surface area contributed by atoms with Crippen molar-refractivity contribution >= 4 is 0 Å². The molecule has 0 heterocycles. The number of unbranched alkanes of at least 4 members (excludes halogenated alkanes) is 1. The van der Waals surface area contributed by atoms with Gasteiger partial charge in [0.25, 0.3) is 0 Å². The Morgan fingerprint density at radius 2 is 1.33 bits per heavy atom. The van der Waals surface area contributed by atoms with Crippen molar-refractivity contribution in [3.63, 3.8) is 0 Å². The molecule has 1 aliphatic rings. The number of hydrogen-bond acceptors (Lipinski definition) is 0. The van der Waals surface area contributed by atoms with Crippen molar-refractivity contribution in [2.75, 3.05) is 0 Å². The molecule has 0 spiro atoms. The highest BCUT2D eigenvalue weighted by atomic mass is 19.4. The van der Waals surface area contributed by atoms with Gasteiger partial charge in [0.05, 0.1) is 11.0 Å². The fourth-order valence-electron chi connectivity index (χ4n) is 6.65. The molecule has 7 heteroatoms. The lowest BCUT2D eigenvalue weighted by atomic mass is 9.55. The van der Waals surface area contributed by atoms with E-state index in [0.29, 0.717) is 19.3 Å². The fraction of sp³-hybridized carbons (Fsp3) is 0.438. The second-order valence-corrected chi connectivity index (χ2v) is 10.6. The molecule has 0 saturated heterocycles. The molecule has 0 aromatic heterocycles. The maximum atomic E-state index is 15.7. The minimum atomic E-state index is -4.80. The molecule has 3 unspecified atom stereocenters. The number of alkyl halides is 3. The fourth-order valence-corrected chi connectivity index (χ4v) is 6.65. The van der Waals surface area contributed by atoms with Crippen LogP contribution < -0.4 is 0 Å². The van der Waals surface area contributed by atoms with E-state index < -0.39 is 57.8 Å². The molecule has 1 saturated carbocycles. The van der Waals surface area contributed by atoms with Crippen molar-refractivity contribution < 1.29 is 30.7 Å². The highest BCUT2D eigenvalue weighted by Crippen LogP contribution is 2.62. The summed E-state index contributed by atoms with van der Waals surface area (Å²) >= 11 is 0. The molecular formula is C32H33F7. The zero-order chi connectivity index (χ0) is 28.4. The number of rotatable bonds is 8. The summed E-state index contributed by atoms with van der Waals surface area (Å²) in [5.41, 5.74) is -3.05.